The third-order valence-corrected chi connectivity index (χ3v) is 4.39. The van der Waals surface area contributed by atoms with Crippen LogP contribution in [0.25, 0.3) is 0 Å². The number of alkyl halides is 1. The maximum Gasteiger partial charge on any atom is 0.0833 e. The van der Waals surface area contributed by atoms with Crippen molar-refractivity contribution in [3.05, 3.63) is 11.9 Å². The molecule has 1 aliphatic heterocycles. The lowest BCUT2D eigenvalue weighted by Crippen LogP contribution is -2.33. The summed E-state index contributed by atoms with van der Waals surface area (Å²) in [6.07, 6.45) is 4.16. The minimum atomic E-state index is 0.191. The molecule has 2 rings (SSSR count). The van der Waals surface area contributed by atoms with Crippen LogP contribution in [-0.2, 0) is 18.2 Å². The summed E-state index contributed by atoms with van der Waals surface area (Å²) in [6.45, 7) is 3.00. The molecule has 1 saturated heterocycles. The number of nitrogens with zero attached hydrogens (tertiary/aromatic N) is 3. The number of hydrogen-bond acceptors (Lipinski definition) is 3. The molecule has 0 radical (unpaired) electrons. The second-order valence-corrected chi connectivity index (χ2v) is 4.82. The van der Waals surface area contributed by atoms with E-state index in [1.165, 1.54) is 0 Å². The zero-order valence-corrected chi connectivity index (χ0v) is 10.7. The molecule has 15 heavy (non-hydrogen) atoms. The second-order valence-electron chi connectivity index (χ2n) is 4.26. The van der Waals surface area contributed by atoms with Crippen molar-refractivity contribution in [3.8, 4) is 0 Å². The normalized spacial score (nSPS) is 31.0. The summed E-state index contributed by atoms with van der Waals surface area (Å²) in [4.78, 5) is 1.61. The number of hydrogen-bond donors (Lipinski definition) is 0. The molecular weight excluding hydrogens is 258 g/mol. The van der Waals surface area contributed by atoms with Crippen molar-refractivity contribution in [3.63, 3.8) is 0 Å². The Kier molecular flexibility index (Phi) is 3.11. The van der Waals surface area contributed by atoms with Crippen molar-refractivity contribution in [1.82, 2.24) is 15.0 Å². The van der Waals surface area contributed by atoms with Crippen LogP contribution in [0.5, 0.6) is 0 Å². The van der Waals surface area contributed by atoms with Gasteiger partial charge in [0.05, 0.1) is 18.0 Å². The summed E-state index contributed by atoms with van der Waals surface area (Å²) in [7, 11) is 1.85. The minimum absolute atomic E-state index is 0.191. The second kappa shape index (κ2) is 4.22. The van der Waals surface area contributed by atoms with Gasteiger partial charge in [0.25, 0.3) is 0 Å². The highest BCUT2D eigenvalue weighted by Gasteiger charge is 2.41. The highest BCUT2D eigenvalue weighted by atomic mass is 79.9. The van der Waals surface area contributed by atoms with Crippen LogP contribution in [0.4, 0.5) is 0 Å². The number of halogens is 1. The highest BCUT2D eigenvalue weighted by Crippen LogP contribution is 2.39. The lowest BCUT2D eigenvalue weighted by Gasteiger charge is -2.29. The maximum atomic E-state index is 5.65. The van der Waals surface area contributed by atoms with Gasteiger partial charge in [0.15, 0.2) is 0 Å². The van der Waals surface area contributed by atoms with E-state index in [2.05, 4.69) is 33.1 Å². The lowest BCUT2D eigenvalue weighted by atomic mass is 9.80. The molecule has 1 aliphatic rings. The van der Waals surface area contributed by atoms with E-state index in [0.29, 0.717) is 6.10 Å². The van der Waals surface area contributed by atoms with Gasteiger partial charge in [0.2, 0.25) is 0 Å². The van der Waals surface area contributed by atoms with Crippen LogP contribution >= 0.6 is 15.9 Å². The molecule has 2 atom stereocenters. The van der Waals surface area contributed by atoms with Crippen LogP contribution in [0.1, 0.15) is 19.0 Å². The molecule has 2 heterocycles. The number of aromatic nitrogens is 3. The Morgan fingerprint density at radius 3 is 3.00 bits per heavy atom. The van der Waals surface area contributed by atoms with Crippen LogP contribution < -0.4 is 0 Å². The molecule has 1 aromatic heterocycles. The molecule has 0 amide bonds. The van der Waals surface area contributed by atoms with E-state index in [4.69, 9.17) is 4.74 Å². The fraction of sp³-hybridized carbons (Fsp3) is 0.800. The maximum absolute atomic E-state index is 5.65. The van der Waals surface area contributed by atoms with Crippen molar-refractivity contribution in [2.75, 3.05) is 11.9 Å². The first-order chi connectivity index (χ1) is 7.16. The summed E-state index contributed by atoms with van der Waals surface area (Å²) < 4.78 is 5.65. The van der Waals surface area contributed by atoms with Gasteiger partial charge in [-0.2, -0.15) is 15.0 Å². The number of ether oxygens (including phenoxy) is 1. The molecule has 1 fully saturated rings. The molecule has 84 valence electrons. The quantitative estimate of drug-likeness (QED) is 0.785. The summed E-state index contributed by atoms with van der Waals surface area (Å²) >= 11 is 3.60. The molecular formula is C10H16BrN3O. The topological polar surface area (TPSA) is 39.9 Å². The lowest BCUT2D eigenvalue weighted by molar-refractivity contribution is 0.0741. The minimum Gasteiger partial charge on any atom is -0.378 e. The SMILES string of the molecule is CC1OCCC1(CBr)Cc1cnn(C)n1. The van der Waals surface area contributed by atoms with E-state index >= 15 is 0 Å². The summed E-state index contributed by atoms with van der Waals surface area (Å²) in [6, 6.07) is 0. The predicted octanol–water partition coefficient (Wildman–Crippen LogP) is 1.55. The first-order valence-electron chi connectivity index (χ1n) is 5.19. The smallest absolute Gasteiger partial charge is 0.0833 e. The Labute approximate surface area is 98.1 Å². The molecule has 0 aromatic carbocycles. The average molecular weight is 274 g/mol. The summed E-state index contributed by atoms with van der Waals surface area (Å²) in [5.41, 5.74) is 1.24. The van der Waals surface area contributed by atoms with Gasteiger partial charge in [-0.1, -0.05) is 15.9 Å². The fourth-order valence-corrected chi connectivity index (χ4v) is 3.04. The van der Waals surface area contributed by atoms with Gasteiger partial charge in [-0.05, 0) is 13.3 Å². The van der Waals surface area contributed by atoms with E-state index in [9.17, 15) is 0 Å². The van der Waals surface area contributed by atoms with Gasteiger partial charge < -0.3 is 4.74 Å². The van der Waals surface area contributed by atoms with E-state index in [1.54, 1.807) is 4.80 Å². The Hall–Kier alpha value is -0.420. The fourth-order valence-electron chi connectivity index (χ4n) is 2.10. The van der Waals surface area contributed by atoms with Gasteiger partial charge in [-0.15, -0.1) is 0 Å². The zero-order valence-electron chi connectivity index (χ0n) is 9.11. The zero-order chi connectivity index (χ0) is 10.9. The van der Waals surface area contributed by atoms with Crippen LogP contribution in [0.3, 0.4) is 0 Å². The average Bonchev–Trinajstić information content (AvgIpc) is 2.76. The summed E-state index contributed by atoms with van der Waals surface area (Å²) in [5.74, 6) is 0. The van der Waals surface area contributed by atoms with E-state index in [0.717, 1.165) is 30.5 Å². The Bertz CT molecular complexity index is 341. The van der Waals surface area contributed by atoms with E-state index in [1.807, 2.05) is 13.2 Å². The summed E-state index contributed by atoms with van der Waals surface area (Å²) in [5, 5.41) is 9.39. The monoisotopic (exact) mass is 273 g/mol. The van der Waals surface area contributed by atoms with Gasteiger partial charge in [-0.3, -0.25) is 0 Å². The van der Waals surface area contributed by atoms with Crippen LogP contribution in [0.15, 0.2) is 6.20 Å². The number of rotatable bonds is 3. The molecule has 0 bridgehead atoms. The van der Waals surface area contributed by atoms with Crippen molar-refractivity contribution in [2.24, 2.45) is 12.5 Å². The van der Waals surface area contributed by atoms with Crippen molar-refractivity contribution in [2.45, 2.75) is 25.9 Å². The Morgan fingerprint density at radius 1 is 1.73 bits per heavy atom. The van der Waals surface area contributed by atoms with Crippen LogP contribution in [0, 0.1) is 5.41 Å². The highest BCUT2D eigenvalue weighted by molar-refractivity contribution is 9.09. The van der Waals surface area contributed by atoms with Gasteiger partial charge in [0.1, 0.15) is 0 Å². The van der Waals surface area contributed by atoms with Gasteiger partial charge in [-0.25, -0.2) is 0 Å². The van der Waals surface area contributed by atoms with E-state index in [-0.39, 0.29) is 5.41 Å². The molecule has 2 unspecified atom stereocenters. The van der Waals surface area contributed by atoms with Crippen LogP contribution in [-0.4, -0.2) is 33.0 Å². The molecule has 5 heteroatoms. The van der Waals surface area contributed by atoms with Gasteiger partial charge >= 0.3 is 0 Å². The van der Waals surface area contributed by atoms with Gasteiger partial charge in [0, 0.05) is 30.8 Å². The Balaban J connectivity index is 2.14. The van der Waals surface area contributed by atoms with Crippen molar-refractivity contribution in [1.29, 1.82) is 0 Å². The molecule has 0 saturated carbocycles. The van der Waals surface area contributed by atoms with E-state index < -0.39 is 0 Å². The first kappa shape index (κ1) is 11.1. The molecule has 0 N–H and O–H groups in total. The largest absolute Gasteiger partial charge is 0.378 e. The Morgan fingerprint density at radius 2 is 2.53 bits per heavy atom. The number of aryl methyl sites for hydroxylation is 1. The third kappa shape index (κ3) is 2.08. The van der Waals surface area contributed by atoms with Crippen molar-refractivity contribution >= 4 is 15.9 Å². The standard InChI is InChI=1S/C10H16BrN3O/c1-8-10(7-11,3-4-15-8)5-9-6-12-14(2)13-9/h6,8H,3-5,7H2,1-2H3. The van der Waals surface area contributed by atoms with Crippen molar-refractivity contribution < 1.29 is 4.74 Å². The molecule has 1 aromatic rings. The molecule has 4 nitrogen and oxygen atoms in total. The van der Waals surface area contributed by atoms with Crippen LogP contribution in [0.2, 0.25) is 0 Å². The predicted molar refractivity (Wildman–Crippen MR) is 61.0 cm³/mol. The third-order valence-electron chi connectivity index (χ3n) is 3.28. The molecule has 0 aliphatic carbocycles. The molecule has 0 spiro atoms. The first-order valence-corrected chi connectivity index (χ1v) is 6.31.